The second-order valence-electron chi connectivity index (χ2n) is 8.29. The highest BCUT2D eigenvalue weighted by molar-refractivity contribution is 5.81. The third-order valence-corrected chi connectivity index (χ3v) is 6.25. The molecule has 7 heteroatoms. The number of fused-ring (bicyclic) bond motifs is 1. The molecule has 1 atom stereocenters. The van der Waals surface area contributed by atoms with Gasteiger partial charge < -0.3 is 14.6 Å². The van der Waals surface area contributed by atoms with Gasteiger partial charge in [0.15, 0.2) is 0 Å². The Hall–Kier alpha value is -1.73. The number of nitrogens with zero attached hydrogens (tertiary/aromatic N) is 3. The Bertz CT molecular complexity index is 746. The molecule has 7 nitrogen and oxygen atoms in total. The maximum Gasteiger partial charge on any atom is 0.255 e. The number of carbonyl (C=O) groups excluding carboxylic acids is 1. The first-order valence-corrected chi connectivity index (χ1v) is 10.3. The fraction of sp³-hybridized carbons (Fsp3) is 0.750. The van der Waals surface area contributed by atoms with E-state index in [9.17, 15) is 9.59 Å². The molecule has 0 radical (unpaired) electrons. The third kappa shape index (κ3) is 3.80. The van der Waals surface area contributed by atoms with Crippen molar-refractivity contribution < 1.29 is 9.53 Å². The number of hydrogen-bond acceptors (Lipinski definition) is 5. The van der Waals surface area contributed by atoms with Gasteiger partial charge in [0.2, 0.25) is 0 Å². The Morgan fingerprint density at radius 1 is 1.22 bits per heavy atom. The first-order chi connectivity index (χ1) is 13.0. The number of amides is 1. The van der Waals surface area contributed by atoms with Crippen molar-refractivity contribution in [2.24, 2.45) is 0 Å². The van der Waals surface area contributed by atoms with Gasteiger partial charge in [-0.2, -0.15) is 0 Å². The number of piperidine rings is 1. The van der Waals surface area contributed by atoms with E-state index in [-0.39, 0.29) is 23.5 Å². The molecule has 2 fully saturated rings. The average Bonchev–Trinajstić information content (AvgIpc) is 3.22. The van der Waals surface area contributed by atoms with Crippen LogP contribution in [-0.4, -0.2) is 64.1 Å². The van der Waals surface area contributed by atoms with Gasteiger partial charge in [-0.15, -0.1) is 0 Å². The molecule has 0 spiro atoms. The Labute approximate surface area is 160 Å². The molecule has 1 aromatic rings. The molecule has 3 aliphatic rings. The number of aromatic nitrogens is 2. The lowest BCUT2D eigenvalue weighted by molar-refractivity contribution is -0.142. The van der Waals surface area contributed by atoms with Crippen LogP contribution >= 0.6 is 0 Å². The van der Waals surface area contributed by atoms with Gasteiger partial charge in [-0.05, 0) is 39.5 Å². The predicted molar refractivity (Wildman–Crippen MR) is 102 cm³/mol. The highest BCUT2D eigenvalue weighted by Gasteiger charge is 2.32. The number of aromatic amines is 1. The van der Waals surface area contributed by atoms with Crippen LogP contribution in [0.15, 0.2) is 4.79 Å². The van der Waals surface area contributed by atoms with Crippen molar-refractivity contribution >= 4 is 5.91 Å². The first-order valence-electron chi connectivity index (χ1n) is 10.3. The van der Waals surface area contributed by atoms with E-state index in [1.807, 2.05) is 4.90 Å². The number of hydrogen-bond donors (Lipinski definition) is 1. The fourth-order valence-corrected chi connectivity index (χ4v) is 4.45. The summed E-state index contributed by atoms with van der Waals surface area (Å²) in [6.45, 7) is 8.08. The smallest absolute Gasteiger partial charge is 0.255 e. The first kappa shape index (κ1) is 18.6. The van der Waals surface area contributed by atoms with Gasteiger partial charge in [0.05, 0.1) is 11.3 Å². The number of ether oxygens (including phenoxy) is 1. The lowest BCUT2D eigenvalue weighted by Crippen LogP contribution is -2.44. The Morgan fingerprint density at radius 2 is 2.00 bits per heavy atom. The van der Waals surface area contributed by atoms with Crippen molar-refractivity contribution in [3.8, 4) is 0 Å². The predicted octanol–water partition coefficient (Wildman–Crippen LogP) is 1.42. The van der Waals surface area contributed by atoms with E-state index in [4.69, 9.17) is 9.72 Å². The topological polar surface area (TPSA) is 78.5 Å². The van der Waals surface area contributed by atoms with Crippen LogP contribution in [0.3, 0.4) is 0 Å². The molecule has 3 aliphatic heterocycles. The van der Waals surface area contributed by atoms with E-state index in [2.05, 4.69) is 23.7 Å². The van der Waals surface area contributed by atoms with Crippen molar-refractivity contribution in [1.29, 1.82) is 0 Å². The minimum absolute atomic E-state index is 0.0122. The fourth-order valence-electron chi connectivity index (χ4n) is 4.45. The lowest BCUT2D eigenvalue weighted by atomic mass is 9.94. The molecule has 1 N–H and O–H groups in total. The number of carbonyl (C=O) groups is 1. The summed E-state index contributed by atoms with van der Waals surface area (Å²) in [5.41, 5.74) is 1.80. The second-order valence-corrected chi connectivity index (χ2v) is 8.29. The van der Waals surface area contributed by atoms with Crippen LogP contribution < -0.4 is 5.56 Å². The van der Waals surface area contributed by atoms with Gasteiger partial charge in [-0.25, -0.2) is 4.98 Å². The number of likely N-dealkylation sites (tertiary alicyclic amines) is 1. The highest BCUT2D eigenvalue weighted by atomic mass is 16.5. The molecule has 2 saturated heterocycles. The van der Waals surface area contributed by atoms with Gasteiger partial charge in [0, 0.05) is 51.2 Å². The quantitative estimate of drug-likeness (QED) is 0.866. The molecule has 0 bridgehead atoms. The third-order valence-electron chi connectivity index (χ3n) is 6.25. The largest absolute Gasteiger partial charge is 0.368 e. The molecule has 4 rings (SSSR count). The van der Waals surface area contributed by atoms with Crippen LogP contribution in [0, 0.1) is 0 Å². The van der Waals surface area contributed by atoms with E-state index >= 15 is 0 Å². The zero-order chi connectivity index (χ0) is 19.0. The minimum Gasteiger partial charge on any atom is -0.368 e. The molecule has 1 amide bonds. The van der Waals surface area contributed by atoms with Crippen molar-refractivity contribution in [2.45, 2.75) is 70.6 Å². The molecular formula is C20H30N4O3. The van der Waals surface area contributed by atoms with Crippen LogP contribution in [-0.2, 0) is 22.5 Å². The summed E-state index contributed by atoms with van der Waals surface area (Å²) in [4.78, 5) is 37.2. The Kier molecular flexibility index (Phi) is 5.32. The van der Waals surface area contributed by atoms with E-state index in [0.717, 1.165) is 55.7 Å². The molecule has 0 aromatic carbocycles. The Morgan fingerprint density at radius 3 is 2.67 bits per heavy atom. The summed E-state index contributed by atoms with van der Waals surface area (Å²) in [6.07, 6.45) is 4.09. The standard InChI is InChI=1S/C20H30N4O3/c1-13(2)24-10-7-16-15(12-24)19(25)22-18(21-16)14-5-8-23(9-6-14)20(26)17-4-3-11-27-17/h13-14,17H,3-12H2,1-2H3,(H,21,22,25). The lowest BCUT2D eigenvalue weighted by Gasteiger charge is -2.34. The summed E-state index contributed by atoms with van der Waals surface area (Å²) in [5, 5.41) is 0. The summed E-state index contributed by atoms with van der Waals surface area (Å²) in [5.74, 6) is 1.16. The van der Waals surface area contributed by atoms with E-state index < -0.39 is 0 Å². The van der Waals surface area contributed by atoms with E-state index in [0.29, 0.717) is 32.3 Å². The monoisotopic (exact) mass is 374 g/mol. The zero-order valence-corrected chi connectivity index (χ0v) is 16.4. The van der Waals surface area contributed by atoms with Gasteiger partial charge in [0.1, 0.15) is 11.9 Å². The maximum atomic E-state index is 12.6. The highest BCUT2D eigenvalue weighted by Crippen LogP contribution is 2.28. The van der Waals surface area contributed by atoms with Crippen molar-refractivity contribution in [3.63, 3.8) is 0 Å². The molecular weight excluding hydrogens is 344 g/mol. The number of nitrogens with one attached hydrogen (secondary N) is 1. The molecule has 4 heterocycles. The average molecular weight is 374 g/mol. The van der Waals surface area contributed by atoms with Crippen molar-refractivity contribution in [1.82, 2.24) is 19.8 Å². The summed E-state index contributed by atoms with van der Waals surface area (Å²) in [6, 6.07) is 0.433. The normalized spacial score (nSPS) is 24.4. The summed E-state index contributed by atoms with van der Waals surface area (Å²) < 4.78 is 5.53. The number of rotatable bonds is 3. The summed E-state index contributed by atoms with van der Waals surface area (Å²) in [7, 11) is 0. The van der Waals surface area contributed by atoms with Gasteiger partial charge >= 0.3 is 0 Å². The molecule has 148 valence electrons. The van der Waals surface area contributed by atoms with Crippen LogP contribution in [0.25, 0.3) is 0 Å². The van der Waals surface area contributed by atoms with Crippen LogP contribution in [0.2, 0.25) is 0 Å². The maximum absolute atomic E-state index is 12.6. The van der Waals surface area contributed by atoms with E-state index in [1.54, 1.807) is 0 Å². The van der Waals surface area contributed by atoms with Crippen molar-refractivity contribution in [3.05, 3.63) is 27.4 Å². The molecule has 0 saturated carbocycles. The SMILES string of the molecule is CC(C)N1CCc2nc(C3CCN(C(=O)C4CCCO4)CC3)[nH]c(=O)c2C1. The van der Waals surface area contributed by atoms with Gasteiger partial charge in [-0.3, -0.25) is 14.5 Å². The van der Waals surface area contributed by atoms with Crippen molar-refractivity contribution in [2.75, 3.05) is 26.2 Å². The van der Waals surface area contributed by atoms with Crippen LogP contribution in [0.4, 0.5) is 0 Å². The minimum atomic E-state index is -0.243. The van der Waals surface area contributed by atoms with Gasteiger partial charge in [0.25, 0.3) is 11.5 Å². The number of H-pyrrole nitrogens is 1. The Balaban J connectivity index is 1.42. The molecule has 0 aliphatic carbocycles. The molecule has 27 heavy (non-hydrogen) atoms. The second kappa shape index (κ2) is 7.72. The molecule has 1 unspecified atom stereocenters. The molecule has 1 aromatic heterocycles. The zero-order valence-electron chi connectivity index (χ0n) is 16.4. The van der Waals surface area contributed by atoms with Crippen LogP contribution in [0.5, 0.6) is 0 Å². The van der Waals surface area contributed by atoms with E-state index in [1.165, 1.54) is 0 Å². The van der Waals surface area contributed by atoms with Gasteiger partial charge in [-0.1, -0.05) is 0 Å². The van der Waals surface area contributed by atoms with Crippen LogP contribution in [0.1, 0.15) is 62.5 Å². The summed E-state index contributed by atoms with van der Waals surface area (Å²) >= 11 is 0.